The van der Waals surface area contributed by atoms with Crippen molar-refractivity contribution in [2.45, 2.75) is 33.4 Å². The largest absolute Gasteiger partial charge is 0.296 e. The highest BCUT2D eigenvalue weighted by molar-refractivity contribution is 9.09. The van der Waals surface area contributed by atoms with Gasteiger partial charge in [-0.3, -0.25) is 4.90 Å². The summed E-state index contributed by atoms with van der Waals surface area (Å²) in [6, 6.07) is 5.52. The Hall–Kier alpha value is -0.410. The van der Waals surface area contributed by atoms with Crippen LogP contribution in [-0.2, 0) is 6.54 Å². The molecule has 0 spiro atoms. The lowest BCUT2D eigenvalue weighted by Gasteiger charge is -2.26. The molecule has 1 aromatic carbocycles. The summed E-state index contributed by atoms with van der Waals surface area (Å²) in [4.78, 5) is 2.37. The van der Waals surface area contributed by atoms with Crippen LogP contribution in [0.15, 0.2) is 18.2 Å². The lowest BCUT2D eigenvalue weighted by atomic mass is 10.1. The zero-order chi connectivity index (χ0) is 12.1. The van der Waals surface area contributed by atoms with Crippen LogP contribution >= 0.6 is 15.9 Å². The van der Waals surface area contributed by atoms with Crippen LogP contribution < -0.4 is 0 Å². The van der Waals surface area contributed by atoms with Crippen molar-refractivity contribution in [2.24, 2.45) is 0 Å². The molecule has 3 heteroatoms. The van der Waals surface area contributed by atoms with E-state index in [0.717, 1.165) is 24.0 Å². The molecular formula is C13H19BrFN. The number of halogens is 2. The summed E-state index contributed by atoms with van der Waals surface area (Å²) in [5, 5.41) is 0.964. The second-order valence-electron chi connectivity index (χ2n) is 4.32. The van der Waals surface area contributed by atoms with Gasteiger partial charge in [0.1, 0.15) is 5.82 Å². The highest BCUT2D eigenvalue weighted by atomic mass is 79.9. The first-order valence-electron chi connectivity index (χ1n) is 5.59. The molecule has 0 aliphatic heterocycles. The molecule has 0 saturated carbocycles. The van der Waals surface area contributed by atoms with Crippen molar-refractivity contribution >= 4 is 15.9 Å². The van der Waals surface area contributed by atoms with Crippen LogP contribution in [-0.4, -0.2) is 22.8 Å². The molecule has 90 valence electrons. The summed E-state index contributed by atoms with van der Waals surface area (Å²) >= 11 is 3.46. The third-order valence-electron chi connectivity index (χ3n) is 2.78. The summed E-state index contributed by atoms with van der Waals surface area (Å²) in [5.41, 5.74) is 2.23. The van der Waals surface area contributed by atoms with Crippen molar-refractivity contribution in [1.82, 2.24) is 4.90 Å². The number of benzene rings is 1. The van der Waals surface area contributed by atoms with Gasteiger partial charge in [0.05, 0.1) is 0 Å². The molecule has 0 unspecified atom stereocenters. The fraction of sp³-hybridized carbons (Fsp3) is 0.538. The average Bonchev–Trinajstić information content (AvgIpc) is 2.20. The van der Waals surface area contributed by atoms with Gasteiger partial charge in [-0.15, -0.1) is 0 Å². The van der Waals surface area contributed by atoms with E-state index in [2.05, 4.69) is 34.7 Å². The molecule has 0 fully saturated rings. The van der Waals surface area contributed by atoms with Gasteiger partial charge in [0.15, 0.2) is 0 Å². The highest BCUT2D eigenvalue weighted by Crippen LogP contribution is 2.14. The molecule has 0 N–H and O–H groups in total. The van der Waals surface area contributed by atoms with Crippen LogP contribution in [0.1, 0.15) is 25.0 Å². The van der Waals surface area contributed by atoms with Gasteiger partial charge in [0.25, 0.3) is 0 Å². The van der Waals surface area contributed by atoms with E-state index in [1.165, 1.54) is 11.6 Å². The van der Waals surface area contributed by atoms with Gasteiger partial charge in [-0.2, -0.15) is 0 Å². The maximum absolute atomic E-state index is 13.0. The molecule has 0 aromatic heterocycles. The van der Waals surface area contributed by atoms with Gasteiger partial charge in [-0.05, 0) is 44.0 Å². The van der Waals surface area contributed by atoms with Gasteiger partial charge in [-0.25, -0.2) is 4.39 Å². The molecule has 0 aliphatic rings. The van der Waals surface area contributed by atoms with E-state index in [0.29, 0.717) is 6.04 Å². The van der Waals surface area contributed by atoms with Crippen LogP contribution in [0.2, 0.25) is 0 Å². The van der Waals surface area contributed by atoms with Crippen molar-refractivity contribution in [3.63, 3.8) is 0 Å². The Labute approximate surface area is 106 Å². The smallest absolute Gasteiger partial charge is 0.123 e. The molecule has 0 radical (unpaired) electrons. The van der Waals surface area contributed by atoms with Crippen LogP contribution in [0.25, 0.3) is 0 Å². The van der Waals surface area contributed by atoms with Crippen LogP contribution in [0.5, 0.6) is 0 Å². The average molecular weight is 288 g/mol. The third kappa shape index (κ3) is 3.87. The Kier molecular flexibility index (Phi) is 5.42. The molecule has 0 saturated heterocycles. The van der Waals surface area contributed by atoms with E-state index < -0.39 is 0 Å². The summed E-state index contributed by atoms with van der Waals surface area (Å²) in [5.74, 6) is -0.155. The Morgan fingerprint density at radius 3 is 2.56 bits per heavy atom. The molecule has 0 heterocycles. The number of alkyl halides is 1. The molecule has 0 amide bonds. The third-order valence-corrected chi connectivity index (χ3v) is 3.13. The summed E-state index contributed by atoms with van der Waals surface area (Å²) in [6.07, 6.45) is 0. The van der Waals surface area contributed by atoms with E-state index in [-0.39, 0.29) is 5.82 Å². The summed E-state index contributed by atoms with van der Waals surface area (Å²) in [6.45, 7) is 8.22. The van der Waals surface area contributed by atoms with Crippen LogP contribution in [0, 0.1) is 12.7 Å². The lowest BCUT2D eigenvalue weighted by molar-refractivity contribution is 0.227. The topological polar surface area (TPSA) is 3.24 Å². The molecule has 16 heavy (non-hydrogen) atoms. The second kappa shape index (κ2) is 6.36. The fourth-order valence-corrected chi connectivity index (χ4v) is 2.14. The maximum Gasteiger partial charge on any atom is 0.123 e. The van der Waals surface area contributed by atoms with Crippen molar-refractivity contribution in [2.75, 3.05) is 11.9 Å². The zero-order valence-corrected chi connectivity index (χ0v) is 11.7. The summed E-state index contributed by atoms with van der Waals surface area (Å²) < 4.78 is 13.0. The molecule has 1 nitrogen and oxygen atoms in total. The lowest BCUT2D eigenvalue weighted by Crippen LogP contribution is -2.32. The molecule has 0 bridgehead atoms. The monoisotopic (exact) mass is 287 g/mol. The first kappa shape index (κ1) is 13.7. The van der Waals surface area contributed by atoms with Crippen LogP contribution in [0.4, 0.5) is 4.39 Å². The van der Waals surface area contributed by atoms with E-state index in [1.807, 2.05) is 13.0 Å². The first-order valence-corrected chi connectivity index (χ1v) is 6.71. The molecular weight excluding hydrogens is 269 g/mol. The number of hydrogen-bond donors (Lipinski definition) is 0. The quantitative estimate of drug-likeness (QED) is 0.746. The normalized spacial score (nSPS) is 11.4. The molecule has 1 rings (SSSR count). The van der Waals surface area contributed by atoms with Gasteiger partial charge in [0, 0.05) is 24.5 Å². The van der Waals surface area contributed by atoms with E-state index in [4.69, 9.17) is 0 Å². The van der Waals surface area contributed by atoms with E-state index >= 15 is 0 Å². The van der Waals surface area contributed by atoms with Crippen molar-refractivity contribution in [3.8, 4) is 0 Å². The second-order valence-corrected chi connectivity index (χ2v) is 5.12. The Balaban J connectivity index is 2.77. The van der Waals surface area contributed by atoms with E-state index in [1.54, 1.807) is 6.07 Å². The molecule has 1 aromatic rings. The number of nitrogens with zero attached hydrogens (tertiary/aromatic N) is 1. The Bertz CT molecular complexity index is 339. The van der Waals surface area contributed by atoms with Gasteiger partial charge in [-0.1, -0.05) is 22.0 Å². The number of rotatable bonds is 5. The standard InChI is InChI=1S/C13H19BrFN/c1-10(2)16(7-6-14)9-12-4-5-13(15)8-11(12)3/h4-5,8,10H,6-7,9H2,1-3H3. The number of hydrogen-bond acceptors (Lipinski definition) is 1. The predicted molar refractivity (Wildman–Crippen MR) is 70.5 cm³/mol. The SMILES string of the molecule is Cc1cc(F)ccc1CN(CCBr)C(C)C. The van der Waals surface area contributed by atoms with E-state index in [9.17, 15) is 4.39 Å². The first-order chi connectivity index (χ1) is 7.54. The van der Waals surface area contributed by atoms with Gasteiger partial charge >= 0.3 is 0 Å². The molecule has 0 atom stereocenters. The minimum atomic E-state index is -0.155. The highest BCUT2D eigenvalue weighted by Gasteiger charge is 2.10. The number of aryl methyl sites for hydroxylation is 1. The zero-order valence-electron chi connectivity index (χ0n) is 10.1. The van der Waals surface area contributed by atoms with Crippen LogP contribution in [0.3, 0.4) is 0 Å². The predicted octanol–water partition coefficient (Wildman–Crippen LogP) is 3.74. The van der Waals surface area contributed by atoms with Crippen molar-refractivity contribution in [1.29, 1.82) is 0 Å². The van der Waals surface area contributed by atoms with Gasteiger partial charge in [0.2, 0.25) is 0 Å². The fourth-order valence-electron chi connectivity index (χ4n) is 1.68. The Morgan fingerprint density at radius 2 is 2.06 bits per heavy atom. The minimum absolute atomic E-state index is 0.155. The van der Waals surface area contributed by atoms with Gasteiger partial charge < -0.3 is 0 Å². The minimum Gasteiger partial charge on any atom is -0.296 e. The van der Waals surface area contributed by atoms with Crippen molar-refractivity contribution < 1.29 is 4.39 Å². The summed E-state index contributed by atoms with van der Waals surface area (Å²) in [7, 11) is 0. The van der Waals surface area contributed by atoms with Crippen molar-refractivity contribution in [3.05, 3.63) is 35.1 Å². The Morgan fingerprint density at radius 1 is 1.38 bits per heavy atom. The molecule has 0 aliphatic carbocycles. The maximum atomic E-state index is 13.0.